The molecule has 1 heterocycles. The van der Waals surface area contributed by atoms with Gasteiger partial charge in [0.2, 0.25) is 0 Å². The molecule has 92 valence electrons. The first-order valence-corrected chi connectivity index (χ1v) is 6.62. The number of carbonyl (C=O) groups excluding carboxylic acids is 1. The van der Waals surface area contributed by atoms with Gasteiger partial charge in [0.05, 0.1) is 5.69 Å². The average Bonchev–Trinajstić information content (AvgIpc) is 2.70. The normalized spacial score (nSPS) is 23.7. The first kappa shape index (κ1) is 12.9. The molecule has 5 heteroatoms. The Morgan fingerprint density at radius 3 is 3.00 bits per heavy atom. The second-order valence-electron chi connectivity index (χ2n) is 4.17. The highest BCUT2D eigenvalue weighted by molar-refractivity contribution is 9.10. The zero-order valence-corrected chi connectivity index (χ0v) is 11.7. The number of nitrogens with one attached hydrogen (secondary N) is 1. The van der Waals surface area contributed by atoms with Gasteiger partial charge in [0.15, 0.2) is 0 Å². The number of rotatable bonds is 2. The van der Waals surface area contributed by atoms with Gasteiger partial charge in [-0.2, -0.15) is 0 Å². The van der Waals surface area contributed by atoms with Gasteiger partial charge in [-0.1, -0.05) is 18.5 Å². The highest BCUT2D eigenvalue weighted by Gasteiger charge is 2.31. The van der Waals surface area contributed by atoms with E-state index in [4.69, 9.17) is 16.3 Å². The van der Waals surface area contributed by atoms with Crippen LogP contribution in [-0.4, -0.2) is 18.6 Å². The Labute approximate surface area is 114 Å². The quantitative estimate of drug-likeness (QED) is 0.907. The maximum absolute atomic E-state index is 12.0. The summed E-state index contributed by atoms with van der Waals surface area (Å²) in [6.07, 6.45) is 0.565. The minimum atomic E-state index is -0.360. The van der Waals surface area contributed by atoms with Crippen LogP contribution in [0.2, 0.25) is 5.02 Å². The van der Waals surface area contributed by atoms with Gasteiger partial charge >= 0.3 is 0 Å². The lowest BCUT2D eigenvalue weighted by molar-refractivity contribution is -0.126. The van der Waals surface area contributed by atoms with Crippen molar-refractivity contribution in [1.29, 1.82) is 0 Å². The number of halogens is 2. The summed E-state index contributed by atoms with van der Waals surface area (Å²) in [6.45, 7) is 2.67. The fourth-order valence-electron chi connectivity index (χ4n) is 1.83. The Balaban J connectivity index is 2.10. The van der Waals surface area contributed by atoms with E-state index < -0.39 is 0 Å². The van der Waals surface area contributed by atoms with Crippen LogP contribution in [0.3, 0.4) is 0 Å². The minimum absolute atomic E-state index is 0.113. The molecule has 1 aliphatic rings. The van der Waals surface area contributed by atoms with Gasteiger partial charge in [0.25, 0.3) is 5.91 Å². The first-order chi connectivity index (χ1) is 8.08. The molecule has 0 aromatic heterocycles. The van der Waals surface area contributed by atoms with Crippen LogP contribution in [-0.2, 0) is 9.53 Å². The first-order valence-electron chi connectivity index (χ1n) is 5.45. The predicted octanol–water partition coefficient (Wildman–Crippen LogP) is 3.47. The molecule has 1 aromatic carbocycles. The van der Waals surface area contributed by atoms with E-state index in [2.05, 4.69) is 21.2 Å². The lowest BCUT2D eigenvalue weighted by atomic mass is 10.0. The Kier molecular flexibility index (Phi) is 4.07. The number of benzene rings is 1. The van der Waals surface area contributed by atoms with E-state index in [0.29, 0.717) is 17.3 Å². The van der Waals surface area contributed by atoms with Gasteiger partial charge in [-0.25, -0.2) is 0 Å². The molecule has 0 aliphatic carbocycles. The van der Waals surface area contributed by atoms with Gasteiger partial charge < -0.3 is 10.1 Å². The fourth-order valence-corrected chi connectivity index (χ4v) is 2.35. The summed E-state index contributed by atoms with van der Waals surface area (Å²) >= 11 is 9.25. The maximum atomic E-state index is 12.0. The van der Waals surface area contributed by atoms with Crippen LogP contribution >= 0.6 is 27.5 Å². The summed E-state index contributed by atoms with van der Waals surface area (Å²) in [7, 11) is 0. The lowest BCUT2D eigenvalue weighted by Gasteiger charge is -2.15. The zero-order chi connectivity index (χ0) is 12.4. The van der Waals surface area contributed by atoms with E-state index in [9.17, 15) is 4.79 Å². The molecule has 2 atom stereocenters. The Morgan fingerprint density at radius 2 is 2.35 bits per heavy atom. The Morgan fingerprint density at radius 1 is 1.59 bits per heavy atom. The summed E-state index contributed by atoms with van der Waals surface area (Å²) in [6, 6.07) is 5.27. The molecule has 1 N–H and O–H groups in total. The molecule has 3 nitrogen and oxygen atoms in total. The van der Waals surface area contributed by atoms with Gasteiger partial charge in [-0.3, -0.25) is 4.79 Å². The summed E-state index contributed by atoms with van der Waals surface area (Å²) in [4.78, 5) is 12.0. The maximum Gasteiger partial charge on any atom is 0.253 e. The topological polar surface area (TPSA) is 38.3 Å². The summed E-state index contributed by atoms with van der Waals surface area (Å²) < 4.78 is 6.22. The zero-order valence-electron chi connectivity index (χ0n) is 9.37. The molecule has 0 bridgehead atoms. The molecular formula is C12H13BrClNO2. The Hall–Kier alpha value is -0.580. The molecule has 0 radical (unpaired) electrons. The molecule has 1 saturated heterocycles. The number of hydrogen-bond donors (Lipinski definition) is 1. The minimum Gasteiger partial charge on any atom is -0.368 e. The third kappa shape index (κ3) is 3.00. The van der Waals surface area contributed by atoms with Crippen molar-refractivity contribution in [2.24, 2.45) is 5.92 Å². The molecule has 0 spiro atoms. The van der Waals surface area contributed by atoms with Crippen molar-refractivity contribution in [3.05, 3.63) is 27.7 Å². The van der Waals surface area contributed by atoms with E-state index in [1.165, 1.54) is 0 Å². The third-order valence-electron chi connectivity index (χ3n) is 2.83. The van der Waals surface area contributed by atoms with Gasteiger partial charge in [0, 0.05) is 16.1 Å². The molecule has 1 aliphatic heterocycles. The van der Waals surface area contributed by atoms with E-state index in [0.717, 1.165) is 10.9 Å². The number of carbonyl (C=O) groups is 1. The van der Waals surface area contributed by atoms with E-state index >= 15 is 0 Å². The number of ether oxygens (including phenoxy) is 1. The molecule has 2 rings (SSSR count). The van der Waals surface area contributed by atoms with Gasteiger partial charge in [0.1, 0.15) is 6.10 Å². The second kappa shape index (κ2) is 5.38. The monoisotopic (exact) mass is 317 g/mol. The van der Waals surface area contributed by atoms with Crippen molar-refractivity contribution in [1.82, 2.24) is 0 Å². The van der Waals surface area contributed by atoms with Crippen molar-refractivity contribution in [3.63, 3.8) is 0 Å². The Bertz CT molecular complexity index is 439. The highest BCUT2D eigenvalue weighted by Crippen LogP contribution is 2.27. The standard InChI is InChI=1S/C12H13BrClNO2/c1-7-4-5-17-11(7)12(16)15-10-6-8(14)2-3-9(10)13/h2-3,6-7,11H,4-5H2,1H3,(H,15,16). The molecule has 1 aromatic rings. The molecule has 17 heavy (non-hydrogen) atoms. The lowest BCUT2D eigenvalue weighted by Crippen LogP contribution is -2.31. The van der Waals surface area contributed by atoms with Crippen LogP contribution < -0.4 is 5.32 Å². The molecule has 1 amide bonds. The van der Waals surface area contributed by atoms with Crippen LogP contribution in [0.5, 0.6) is 0 Å². The number of hydrogen-bond acceptors (Lipinski definition) is 2. The van der Waals surface area contributed by atoms with Crippen LogP contribution in [0.1, 0.15) is 13.3 Å². The fraction of sp³-hybridized carbons (Fsp3) is 0.417. The van der Waals surface area contributed by atoms with Crippen molar-refractivity contribution in [2.45, 2.75) is 19.4 Å². The summed E-state index contributed by atoms with van der Waals surface area (Å²) in [5, 5.41) is 3.42. The molecule has 2 unspecified atom stereocenters. The van der Waals surface area contributed by atoms with Crippen molar-refractivity contribution < 1.29 is 9.53 Å². The van der Waals surface area contributed by atoms with Gasteiger partial charge in [-0.05, 0) is 46.5 Å². The van der Waals surface area contributed by atoms with Crippen LogP contribution in [0.4, 0.5) is 5.69 Å². The largest absolute Gasteiger partial charge is 0.368 e. The van der Waals surface area contributed by atoms with Crippen molar-refractivity contribution in [2.75, 3.05) is 11.9 Å². The van der Waals surface area contributed by atoms with E-state index in [1.54, 1.807) is 18.2 Å². The van der Waals surface area contributed by atoms with Crippen LogP contribution in [0.15, 0.2) is 22.7 Å². The SMILES string of the molecule is CC1CCOC1C(=O)Nc1cc(Cl)ccc1Br. The third-order valence-corrected chi connectivity index (χ3v) is 3.76. The predicted molar refractivity (Wildman–Crippen MR) is 71.3 cm³/mol. The van der Waals surface area contributed by atoms with Crippen LogP contribution in [0.25, 0.3) is 0 Å². The molecular weight excluding hydrogens is 305 g/mol. The smallest absolute Gasteiger partial charge is 0.253 e. The highest BCUT2D eigenvalue weighted by atomic mass is 79.9. The summed E-state index contributed by atoms with van der Waals surface area (Å²) in [5.74, 6) is 0.144. The van der Waals surface area contributed by atoms with Crippen molar-refractivity contribution in [3.8, 4) is 0 Å². The molecule has 0 saturated carbocycles. The number of anilines is 1. The van der Waals surface area contributed by atoms with Crippen LogP contribution in [0, 0.1) is 5.92 Å². The molecule has 1 fully saturated rings. The second-order valence-corrected chi connectivity index (χ2v) is 5.46. The van der Waals surface area contributed by atoms with E-state index in [1.807, 2.05) is 6.92 Å². The average molecular weight is 319 g/mol. The van der Waals surface area contributed by atoms with Gasteiger partial charge in [-0.15, -0.1) is 0 Å². The summed E-state index contributed by atoms with van der Waals surface area (Å²) in [5.41, 5.74) is 0.671. The number of amides is 1. The van der Waals surface area contributed by atoms with Crippen molar-refractivity contribution >= 4 is 39.1 Å². The van der Waals surface area contributed by atoms with E-state index in [-0.39, 0.29) is 17.9 Å².